The Kier molecular flexibility index (Phi) is 4.62. The van der Waals surface area contributed by atoms with Crippen molar-refractivity contribution in [1.82, 2.24) is 0 Å². The van der Waals surface area contributed by atoms with E-state index >= 15 is 0 Å². The van der Waals surface area contributed by atoms with Crippen molar-refractivity contribution in [3.05, 3.63) is 54.1 Å². The lowest BCUT2D eigenvalue weighted by Gasteiger charge is -2.10. The third kappa shape index (κ3) is 2.86. The lowest BCUT2D eigenvalue weighted by Crippen LogP contribution is -1.97. The fraction of sp³-hybridized carbons (Fsp3) is 0.167. The number of aryl methyl sites for hydroxylation is 1. The quantitative estimate of drug-likeness (QED) is 0.458. The first-order chi connectivity index (χ1) is 8.40. The Morgan fingerprint density at radius 2 is 1.78 bits per heavy atom. The van der Waals surface area contributed by atoms with E-state index in [-0.39, 0.29) is 4.83 Å². The van der Waals surface area contributed by atoms with Gasteiger partial charge in [0.05, 0.1) is 8.61 Å². The molecule has 1 atom stereocenters. The molecule has 0 spiro atoms. The van der Waals surface area contributed by atoms with Gasteiger partial charge >= 0.3 is 0 Å². The summed E-state index contributed by atoms with van der Waals surface area (Å²) in [7, 11) is 0. The number of hydrogen-bond donors (Lipinski definition) is 0. The van der Waals surface area contributed by atoms with E-state index in [2.05, 4.69) is 47.8 Å². The van der Waals surface area contributed by atoms with Crippen LogP contribution in [0.1, 0.15) is 20.8 Å². The first-order valence-electron chi connectivity index (χ1n) is 4.94. The molecule has 0 bridgehead atoms. The highest BCUT2D eigenvalue weighted by atomic mass is 79.9. The molecule has 1 aromatic heterocycles. The summed E-state index contributed by atoms with van der Waals surface area (Å²) in [5, 5.41) is 0. The average molecular weight is 461 g/mol. The van der Waals surface area contributed by atoms with Gasteiger partial charge in [0.25, 0.3) is 0 Å². The van der Waals surface area contributed by atoms with E-state index in [0.29, 0.717) is 11.1 Å². The molecule has 1 aromatic carbocycles. The van der Waals surface area contributed by atoms with Gasteiger partial charge in [-0.3, -0.25) is 0 Å². The lowest BCUT2D eigenvalue weighted by atomic mass is 10.1. The SMILES string of the molecule is Cc1cc(F)c(C(Br)c2cc(Br)c(Br)s2)cc1F. The molecular weight excluding hydrogens is 454 g/mol. The molecule has 6 heteroatoms. The summed E-state index contributed by atoms with van der Waals surface area (Å²) in [5.41, 5.74) is 0.615. The molecule has 0 aliphatic rings. The van der Waals surface area contributed by atoms with Gasteiger partial charge in [0.2, 0.25) is 0 Å². The van der Waals surface area contributed by atoms with Crippen LogP contribution in [0.4, 0.5) is 8.78 Å². The Hall–Kier alpha value is 0.220. The normalized spacial score (nSPS) is 12.8. The molecule has 0 aliphatic heterocycles. The zero-order chi connectivity index (χ0) is 13.4. The topological polar surface area (TPSA) is 0 Å². The molecule has 1 heterocycles. The Morgan fingerprint density at radius 1 is 1.11 bits per heavy atom. The minimum absolute atomic E-state index is 0.305. The molecule has 2 rings (SSSR count). The van der Waals surface area contributed by atoms with Crippen molar-refractivity contribution in [1.29, 1.82) is 0 Å². The molecule has 0 nitrogen and oxygen atoms in total. The van der Waals surface area contributed by atoms with Crippen LogP contribution in [0.5, 0.6) is 0 Å². The number of rotatable bonds is 2. The molecule has 0 fully saturated rings. The Morgan fingerprint density at radius 3 is 2.33 bits per heavy atom. The van der Waals surface area contributed by atoms with E-state index in [1.807, 2.05) is 6.07 Å². The van der Waals surface area contributed by atoms with Crippen LogP contribution < -0.4 is 0 Å². The summed E-state index contributed by atoms with van der Waals surface area (Å²) in [5.74, 6) is -0.804. The predicted molar refractivity (Wildman–Crippen MR) is 81.6 cm³/mol. The number of benzene rings is 1. The maximum atomic E-state index is 13.9. The molecule has 0 N–H and O–H groups in total. The minimum atomic E-state index is -0.406. The summed E-state index contributed by atoms with van der Waals surface area (Å²) in [6.45, 7) is 1.55. The smallest absolute Gasteiger partial charge is 0.128 e. The molecular formula is C12H7Br3F2S. The Bertz CT molecular complexity index is 576. The van der Waals surface area contributed by atoms with Crippen molar-refractivity contribution in [2.45, 2.75) is 11.8 Å². The zero-order valence-electron chi connectivity index (χ0n) is 9.11. The van der Waals surface area contributed by atoms with Crippen molar-refractivity contribution in [3.8, 4) is 0 Å². The maximum Gasteiger partial charge on any atom is 0.128 e. The van der Waals surface area contributed by atoms with Gasteiger partial charge in [0, 0.05) is 14.9 Å². The van der Waals surface area contributed by atoms with Crippen molar-refractivity contribution in [2.24, 2.45) is 0 Å². The fourth-order valence-electron chi connectivity index (χ4n) is 1.50. The first-order valence-corrected chi connectivity index (χ1v) is 8.26. The molecule has 0 aliphatic carbocycles. The van der Waals surface area contributed by atoms with Crippen molar-refractivity contribution >= 4 is 59.1 Å². The van der Waals surface area contributed by atoms with Crippen LogP contribution in [0.2, 0.25) is 0 Å². The highest BCUT2D eigenvalue weighted by Crippen LogP contribution is 2.42. The van der Waals surface area contributed by atoms with Crippen LogP contribution in [0.15, 0.2) is 26.5 Å². The van der Waals surface area contributed by atoms with Crippen molar-refractivity contribution < 1.29 is 8.78 Å². The highest BCUT2D eigenvalue weighted by molar-refractivity contribution is 9.13. The third-order valence-electron chi connectivity index (χ3n) is 2.47. The summed E-state index contributed by atoms with van der Waals surface area (Å²) in [6, 6.07) is 4.34. The van der Waals surface area contributed by atoms with Crippen LogP contribution in [-0.2, 0) is 0 Å². The minimum Gasteiger partial charge on any atom is -0.207 e. The second-order valence-corrected chi connectivity index (χ2v) is 7.93. The van der Waals surface area contributed by atoms with Gasteiger partial charge in [-0.05, 0) is 62.5 Å². The van der Waals surface area contributed by atoms with Crippen molar-refractivity contribution in [2.75, 3.05) is 0 Å². The van der Waals surface area contributed by atoms with Gasteiger partial charge in [0.1, 0.15) is 11.6 Å². The van der Waals surface area contributed by atoms with Crippen LogP contribution in [0.3, 0.4) is 0 Å². The zero-order valence-corrected chi connectivity index (χ0v) is 14.7. The number of thiophene rings is 1. The molecule has 0 amide bonds. The number of hydrogen-bond acceptors (Lipinski definition) is 1. The van der Waals surface area contributed by atoms with Crippen LogP contribution in [-0.4, -0.2) is 0 Å². The molecule has 1 unspecified atom stereocenters. The summed E-state index contributed by atoms with van der Waals surface area (Å²) < 4.78 is 29.2. The molecule has 0 saturated carbocycles. The van der Waals surface area contributed by atoms with E-state index in [4.69, 9.17) is 0 Å². The molecule has 2 aromatic rings. The van der Waals surface area contributed by atoms with Gasteiger partial charge in [-0.1, -0.05) is 15.9 Å². The predicted octanol–water partition coefficient (Wildman–Crippen LogP) is 6.34. The van der Waals surface area contributed by atoms with Crippen molar-refractivity contribution in [3.63, 3.8) is 0 Å². The second-order valence-electron chi connectivity index (χ2n) is 3.76. The lowest BCUT2D eigenvalue weighted by molar-refractivity contribution is 0.581. The van der Waals surface area contributed by atoms with E-state index in [1.165, 1.54) is 23.5 Å². The maximum absolute atomic E-state index is 13.9. The number of halogens is 5. The Labute approximate surface area is 133 Å². The van der Waals surface area contributed by atoms with E-state index in [0.717, 1.165) is 13.1 Å². The highest BCUT2D eigenvalue weighted by Gasteiger charge is 2.19. The molecule has 18 heavy (non-hydrogen) atoms. The van der Waals surface area contributed by atoms with E-state index in [1.54, 1.807) is 6.92 Å². The number of alkyl halides is 1. The van der Waals surface area contributed by atoms with Crippen LogP contribution in [0, 0.1) is 18.6 Å². The van der Waals surface area contributed by atoms with Gasteiger partial charge in [0.15, 0.2) is 0 Å². The van der Waals surface area contributed by atoms with Gasteiger partial charge in [-0.25, -0.2) is 8.78 Å². The van der Waals surface area contributed by atoms with Gasteiger partial charge < -0.3 is 0 Å². The molecule has 96 valence electrons. The van der Waals surface area contributed by atoms with E-state index in [9.17, 15) is 8.78 Å². The first kappa shape index (κ1) is 14.6. The summed E-state index contributed by atoms with van der Waals surface area (Å²) >= 11 is 11.6. The van der Waals surface area contributed by atoms with Crippen LogP contribution >= 0.6 is 59.1 Å². The largest absolute Gasteiger partial charge is 0.207 e. The molecule has 0 saturated heterocycles. The average Bonchev–Trinajstić information content (AvgIpc) is 2.63. The monoisotopic (exact) mass is 458 g/mol. The third-order valence-corrected chi connectivity index (χ3v) is 7.08. The summed E-state index contributed by atoms with van der Waals surface area (Å²) in [6.07, 6.45) is 0. The standard InChI is InChI=1S/C12H7Br3F2S/c1-5-2-9(17)6(3-8(5)16)11(14)10-4-7(13)12(15)18-10/h2-4,11H,1H3. The molecule has 0 radical (unpaired) electrons. The fourth-order valence-corrected chi connectivity index (χ4v) is 4.35. The Balaban J connectivity index is 2.45. The van der Waals surface area contributed by atoms with Crippen LogP contribution in [0.25, 0.3) is 0 Å². The second kappa shape index (κ2) is 5.69. The van der Waals surface area contributed by atoms with Gasteiger partial charge in [-0.15, -0.1) is 11.3 Å². The summed E-state index contributed by atoms with van der Waals surface area (Å²) in [4.78, 5) is 0.538. The van der Waals surface area contributed by atoms with E-state index < -0.39 is 11.6 Å². The van der Waals surface area contributed by atoms with Gasteiger partial charge in [-0.2, -0.15) is 0 Å².